The number of benzene rings is 1. The van der Waals surface area contributed by atoms with Gasteiger partial charge in [0.25, 0.3) is 0 Å². The highest BCUT2D eigenvalue weighted by Crippen LogP contribution is 2.22. The Kier molecular flexibility index (Phi) is 5.24. The van der Waals surface area contributed by atoms with Crippen molar-refractivity contribution in [2.75, 3.05) is 11.9 Å². The molecule has 21 heavy (non-hydrogen) atoms. The first-order valence-corrected chi connectivity index (χ1v) is 6.81. The first-order chi connectivity index (χ1) is 10.1. The first kappa shape index (κ1) is 15.4. The van der Waals surface area contributed by atoms with Crippen LogP contribution in [0.2, 0.25) is 5.02 Å². The lowest BCUT2D eigenvalue weighted by Gasteiger charge is -2.06. The number of nitrogens with zero attached hydrogens (tertiary/aromatic N) is 3. The molecule has 2 aromatic rings. The average Bonchev–Trinajstić information content (AvgIpc) is 2.87. The molecule has 1 heterocycles. The van der Waals surface area contributed by atoms with Gasteiger partial charge in [0, 0.05) is 6.54 Å². The molecule has 0 radical (unpaired) electrons. The number of anilines is 1. The Labute approximate surface area is 126 Å². The Bertz CT molecular complexity index is 631. The fraction of sp³-hybridized carbons (Fsp3) is 0.308. The number of rotatable bonds is 6. The van der Waals surface area contributed by atoms with Gasteiger partial charge in [-0.1, -0.05) is 23.7 Å². The van der Waals surface area contributed by atoms with Crippen LogP contribution in [-0.4, -0.2) is 27.4 Å². The summed E-state index contributed by atoms with van der Waals surface area (Å²) < 4.78 is 14.3. The second-order valence-electron chi connectivity index (χ2n) is 4.36. The Hall–Kier alpha value is -1.99. The molecule has 2 rings (SSSR count). The Balaban J connectivity index is 1.93. The number of aromatic nitrogens is 3. The van der Waals surface area contributed by atoms with Crippen LogP contribution in [0.3, 0.4) is 0 Å². The van der Waals surface area contributed by atoms with Gasteiger partial charge in [0.15, 0.2) is 0 Å². The molecule has 0 atom stereocenters. The molecule has 0 aliphatic carbocycles. The van der Waals surface area contributed by atoms with Gasteiger partial charge < -0.3 is 10.6 Å². The Morgan fingerprint density at radius 3 is 3.00 bits per heavy atom. The van der Waals surface area contributed by atoms with Crippen LogP contribution >= 0.6 is 11.6 Å². The Morgan fingerprint density at radius 2 is 2.29 bits per heavy atom. The standard InChI is InChI=1S/C13H15ClFN5O/c1-2-16-6-10-7-20(19-18-10)8-13(21)17-12-4-3-9(15)5-11(12)14/h3-5,7,16H,2,6,8H2,1H3,(H,17,21). The van der Waals surface area contributed by atoms with Crippen molar-refractivity contribution in [2.24, 2.45) is 0 Å². The van der Waals surface area contributed by atoms with Gasteiger partial charge >= 0.3 is 0 Å². The summed E-state index contributed by atoms with van der Waals surface area (Å²) in [5, 5.41) is 13.7. The van der Waals surface area contributed by atoms with Crippen LogP contribution in [0, 0.1) is 5.82 Å². The van der Waals surface area contributed by atoms with E-state index in [4.69, 9.17) is 11.6 Å². The van der Waals surface area contributed by atoms with Crippen molar-refractivity contribution in [1.82, 2.24) is 20.3 Å². The van der Waals surface area contributed by atoms with Gasteiger partial charge in [-0.2, -0.15) is 0 Å². The number of carbonyl (C=O) groups is 1. The van der Waals surface area contributed by atoms with Crippen molar-refractivity contribution >= 4 is 23.2 Å². The molecular formula is C13H15ClFN5O. The number of hydrogen-bond acceptors (Lipinski definition) is 4. The van der Waals surface area contributed by atoms with E-state index in [0.29, 0.717) is 12.2 Å². The maximum atomic E-state index is 12.9. The van der Waals surface area contributed by atoms with E-state index in [1.807, 2.05) is 6.92 Å². The van der Waals surface area contributed by atoms with E-state index in [1.54, 1.807) is 6.20 Å². The zero-order chi connectivity index (χ0) is 15.2. The van der Waals surface area contributed by atoms with Crippen LogP contribution in [0.1, 0.15) is 12.6 Å². The van der Waals surface area contributed by atoms with Gasteiger partial charge in [-0.15, -0.1) is 5.10 Å². The van der Waals surface area contributed by atoms with Crippen molar-refractivity contribution in [3.63, 3.8) is 0 Å². The predicted molar refractivity (Wildman–Crippen MR) is 77.4 cm³/mol. The fourth-order valence-electron chi connectivity index (χ4n) is 1.68. The maximum absolute atomic E-state index is 12.9. The van der Waals surface area contributed by atoms with Crippen LogP contribution in [0.25, 0.3) is 0 Å². The monoisotopic (exact) mass is 311 g/mol. The third-order valence-corrected chi connectivity index (χ3v) is 2.97. The van der Waals surface area contributed by atoms with Gasteiger partial charge in [-0.3, -0.25) is 4.79 Å². The highest BCUT2D eigenvalue weighted by atomic mass is 35.5. The topological polar surface area (TPSA) is 71.8 Å². The molecular weight excluding hydrogens is 297 g/mol. The largest absolute Gasteiger partial charge is 0.323 e. The molecule has 0 bridgehead atoms. The lowest BCUT2D eigenvalue weighted by molar-refractivity contribution is -0.116. The Morgan fingerprint density at radius 1 is 1.48 bits per heavy atom. The minimum atomic E-state index is -0.456. The van der Waals surface area contributed by atoms with E-state index in [2.05, 4.69) is 20.9 Å². The van der Waals surface area contributed by atoms with E-state index in [-0.39, 0.29) is 17.5 Å². The lowest BCUT2D eigenvalue weighted by Crippen LogP contribution is -2.19. The van der Waals surface area contributed by atoms with Gasteiger partial charge in [0.1, 0.15) is 12.4 Å². The second kappa shape index (κ2) is 7.14. The average molecular weight is 312 g/mol. The highest BCUT2D eigenvalue weighted by Gasteiger charge is 2.09. The van der Waals surface area contributed by atoms with Crippen molar-refractivity contribution < 1.29 is 9.18 Å². The van der Waals surface area contributed by atoms with Crippen molar-refractivity contribution in [3.05, 3.63) is 40.9 Å². The molecule has 1 aromatic carbocycles. The molecule has 8 heteroatoms. The van der Waals surface area contributed by atoms with E-state index >= 15 is 0 Å². The third kappa shape index (κ3) is 4.51. The minimum absolute atomic E-state index is 0.00678. The smallest absolute Gasteiger partial charge is 0.246 e. The SMILES string of the molecule is CCNCc1cn(CC(=O)Nc2ccc(F)cc2Cl)nn1. The van der Waals surface area contributed by atoms with Gasteiger partial charge in [0.2, 0.25) is 5.91 Å². The number of nitrogens with one attached hydrogen (secondary N) is 2. The highest BCUT2D eigenvalue weighted by molar-refractivity contribution is 6.33. The summed E-state index contributed by atoms with van der Waals surface area (Å²) in [5.41, 5.74) is 1.11. The molecule has 6 nitrogen and oxygen atoms in total. The van der Waals surface area contributed by atoms with Crippen LogP contribution in [-0.2, 0) is 17.9 Å². The summed E-state index contributed by atoms with van der Waals surface area (Å²) in [6, 6.07) is 3.78. The maximum Gasteiger partial charge on any atom is 0.246 e. The van der Waals surface area contributed by atoms with Crippen molar-refractivity contribution in [1.29, 1.82) is 0 Å². The van der Waals surface area contributed by atoms with E-state index < -0.39 is 5.82 Å². The summed E-state index contributed by atoms with van der Waals surface area (Å²) in [7, 11) is 0. The number of carbonyl (C=O) groups excluding carboxylic acids is 1. The zero-order valence-corrected chi connectivity index (χ0v) is 12.2. The lowest BCUT2D eigenvalue weighted by atomic mass is 10.3. The van der Waals surface area contributed by atoms with E-state index in [0.717, 1.165) is 18.3 Å². The molecule has 0 unspecified atom stereocenters. The quantitative estimate of drug-likeness (QED) is 0.853. The molecule has 1 amide bonds. The molecule has 0 aliphatic heterocycles. The number of amides is 1. The zero-order valence-electron chi connectivity index (χ0n) is 11.4. The molecule has 0 spiro atoms. The number of hydrogen-bond donors (Lipinski definition) is 2. The van der Waals surface area contributed by atoms with Gasteiger partial charge in [-0.25, -0.2) is 9.07 Å². The summed E-state index contributed by atoms with van der Waals surface area (Å²) in [4.78, 5) is 11.9. The molecule has 0 fully saturated rings. The normalized spacial score (nSPS) is 10.6. The second-order valence-corrected chi connectivity index (χ2v) is 4.77. The summed E-state index contributed by atoms with van der Waals surface area (Å²) >= 11 is 5.84. The number of halogens is 2. The first-order valence-electron chi connectivity index (χ1n) is 6.43. The van der Waals surface area contributed by atoms with Crippen molar-refractivity contribution in [2.45, 2.75) is 20.0 Å². The van der Waals surface area contributed by atoms with Crippen molar-refractivity contribution in [3.8, 4) is 0 Å². The van der Waals surface area contributed by atoms with Gasteiger partial charge in [-0.05, 0) is 24.7 Å². The third-order valence-electron chi connectivity index (χ3n) is 2.65. The van der Waals surface area contributed by atoms with E-state index in [1.165, 1.54) is 16.8 Å². The summed E-state index contributed by atoms with van der Waals surface area (Å²) in [5.74, 6) is -0.772. The molecule has 112 valence electrons. The molecule has 0 saturated carbocycles. The summed E-state index contributed by atoms with van der Waals surface area (Å²) in [6.45, 7) is 3.43. The molecule has 0 aliphatic rings. The van der Waals surface area contributed by atoms with Crippen LogP contribution in [0.5, 0.6) is 0 Å². The van der Waals surface area contributed by atoms with E-state index in [9.17, 15) is 9.18 Å². The molecule has 1 aromatic heterocycles. The fourth-order valence-corrected chi connectivity index (χ4v) is 1.89. The molecule has 2 N–H and O–H groups in total. The predicted octanol–water partition coefficient (Wildman–Crippen LogP) is 1.82. The minimum Gasteiger partial charge on any atom is -0.323 e. The van der Waals surface area contributed by atoms with Crippen LogP contribution in [0.15, 0.2) is 24.4 Å². The van der Waals surface area contributed by atoms with Crippen LogP contribution < -0.4 is 10.6 Å². The van der Waals surface area contributed by atoms with Gasteiger partial charge in [0.05, 0.1) is 22.6 Å². The molecule has 0 saturated heterocycles. The summed E-state index contributed by atoms with van der Waals surface area (Å²) in [6.07, 6.45) is 1.69. The van der Waals surface area contributed by atoms with Crippen LogP contribution in [0.4, 0.5) is 10.1 Å².